The Balaban J connectivity index is 2.62. The molecule has 0 aliphatic heterocycles. The molecule has 2 atom stereocenters. The van der Waals surface area contributed by atoms with Crippen LogP contribution in [0.25, 0.3) is 0 Å². The molecule has 17 heavy (non-hydrogen) atoms. The predicted octanol–water partition coefficient (Wildman–Crippen LogP) is 1.67. The molecule has 1 aliphatic rings. The minimum atomic E-state index is -1.48. The second-order valence-corrected chi connectivity index (χ2v) is 5.09. The summed E-state index contributed by atoms with van der Waals surface area (Å²) in [6, 6.07) is 0. The lowest BCUT2D eigenvalue weighted by Gasteiger charge is -2.29. The Hall–Kier alpha value is -0.810. The standard InChI is InChI=1S/C12H22N2O3/c1-12(14-13,11(17)8-15)10(16)7-9-5-3-2-4-6-9/h9,11,13,15,17H,2-8H2,1H3. The highest BCUT2D eigenvalue weighted by molar-refractivity contribution is 5.89. The highest BCUT2D eigenvalue weighted by Crippen LogP contribution is 2.29. The first-order chi connectivity index (χ1) is 8.04. The van der Waals surface area contributed by atoms with Crippen LogP contribution in [0, 0.1) is 11.4 Å². The van der Waals surface area contributed by atoms with Crippen LogP contribution in [0.5, 0.6) is 0 Å². The van der Waals surface area contributed by atoms with Crippen molar-refractivity contribution in [1.29, 1.82) is 5.53 Å². The zero-order chi connectivity index (χ0) is 12.9. The van der Waals surface area contributed by atoms with Crippen molar-refractivity contribution in [2.24, 2.45) is 11.0 Å². The molecule has 5 heteroatoms. The number of nitrogens with zero attached hydrogens (tertiary/aromatic N) is 1. The zero-order valence-electron chi connectivity index (χ0n) is 10.4. The minimum absolute atomic E-state index is 0.235. The Morgan fingerprint density at radius 1 is 1.47 bits per heavy atom. The summed E-state index contributed by atoms with van der Waals surface area (Å²) in [5.74, 6) is 0.115. The second kappa shape index (κ2) is 6.21. The van der Waals surface area contributed by atoms with Crippen molar-refractivity contribution in [3.8, 4) is 0 Å². The van der Waals surface area contributed by atoms with E-state index in [-0.39, 0.29) is 5.78 Å². The predicted molar refractivity (Wildman–Crippen MR) is 62.8 cm³/mol. The summed E-state index contributed by atoms with van der Waals surface area (Å²) in [5.41, 5.74) is 5.59. The normalized spacial score (nSPS) is 22.8. The molecular weight excluding hydrogens is 220 g/mol. The number of Topliss-reactive ketones (excluding diaryl/α,β-unsaturated/α-hetero) is 1. The number of nitrogens with one attached hydrogen (secondary N) is 1. The van der Waals surface area contributed by atoms with Gasteiger partial charge in [-0.2, -0.15) is 5.11 Å². The summed E-state index contributed by atoms with van der Waals surface area (Å²) in [4.78, 5) is 12.1. The Kier molecular flexibility index (Phi) is 5.21. The van der Waals surface area contributed by atoms with Crippen LogP contribution < -0.4 is 0 Å². The number of aliphatic hydroxyl groups is 2. The van der Waals surface area contributed by atoms with Gasteiger partial charge in [-0.05, 0) is 12.8 Å². The lowest BCUT2D eigenvalue weighted by molar-refractivity contribution is -0.130. The molecule has 98 valence electrons. The summed E-state index contributed by atoms with van der Waals surface area (Å²) in [5, 5.41) is 21.7. The third kappa shape index (κ3) is 3.33. The van der Waals surface area contributed by atoms with Crippen molar-refractivity contribution in [1.82, 2.24) is 0 Å². The number of rotatable bonds is 6. The van der Waals surface area contributed by atoms with Crippen LogP contribution >= 0.6 is 0 Å². The molecule has 0 aromatic carbocycles. The quantitative estimate of drug-likeness (QED) is 0.618. The maximum atomic E-state index is 12.1. The van der Waals surface area contributed by atoms with E-state index in [1.807, 2.05) is 0 Å². The Morgan fingerprint density at radius 2 is 2.06 bits per heavy atom. The maximum Gasteiger partial charge on any atom is 0.165 e. The monoisotopic (exact) mass is 242 g/mol. The fourth-order valence-electron chi connectivity index (χ4n) is 2.36. The number of aliphatic hydroxyl groups excluding tert-OH is 2. The summed E-state index contributed by atoms with van der Waals surface area (Å²) < 4.78 is 0. The van der Waals surface area contributed by atoms with Gasteiger partial charge >= 0.3 is 0 Å². The number of carbonyl (C=O) groups is 1. The van der Waals surface area contributed by atoms with E-state index in [9.17, 15) is 9.90 Å². The number of carbonyl (C=O) groups excluding carboxylic acids is 1. The first-order valence-corrected chi connectivity index (χ1v) is 6.25. The summed E-state index contributed by atoms with van der Waals surface area (Å²) in [7, 11) is 0. The van der Waals surface area contributed by atoms with Crippen molar-refractivity contribution in [3.05, 3.63) is 0 Å². The van der Waals surface area contributed by atoms with Gasteiger partial charge < -0.3 is 10.2 Å². The second-order valence-electron chi connectivity index (χ2n) is 5.09. The fraction of sp³-hybridized carbons (Fsp3) is 0.917. The van der Waals surface area contributed by atoms with Gasteiger partial charge in [-0.15, -0.1) is 0 Å². The van der Waals surface area contributed by atoms with Gasteiger partial charge in [-0.1, -0.05) is 32.1 Å². The summed E-state index contributed by atoms with van der Waals surface area (Å²) >= 11 is 0. The van der Waals surface area contributed by atoms with Crippen LogP contribution in [0.1, 0.15) is 45.4 Å². The Bertz CT molecular complexity index is 277. The molecule has 0 aromatic heterocycles. The first-order valence-electron chi connectivity index (χ1n) is 6.25. The minimum Gasteiger partial charge on any atom is -0.394 e. The molecule has 0 heterocycles. The van der Waals surface area contributed by atoms with Crippen molar-refractivity contribution in [2.45, 2.75) is 57.1 Å². The molecule has 1 fully saturated rings. The van der Waals surface area contributed by atoms with Gasteiger partial charge in [0.25, 0.3) is 0 Å². The molecule has 0 bridgehead atoms. The van der Waals surface area contributed by atoms with Crippen LogP contribution in [-0.2, 0) is 4.79 Å². The van der Waals surface area contributed by atoms with Crippen molar-refractivity contribution >= 4 is 5.78 Å². The number of hydrogen-bond acceptors (Lipinski definition) is 5. The van der Waals surface area contributed by atoms with Crippen LogP contribution in [0.4, 0.5) is 0 Å². The third-order valence-electron chi connectivity index (χ3n) is 3.82. The molecule has 0 aromatic rings. The zero-order valence-corrected chi connectivity index (χ0v) is 10.4. The maximum absolute atomic E-state index is 12.1. The molecule has 1 rings (SSSR count). The molecule has 5 nitrogen and oxygen atoms in total. The average molecular weight is 242 g/mol. The van der Waals surface area contributed by atoms with Gasteiger partial charge in [-0.3, -0.25) is 4.79 Å². The fourth-order valence-corrected chi connectivity index (χ4v) is 2.36. The number of ketones is 1. The Morgan fingerprint density at radius 3 is 2.53 bits per heavy atom. The van der Waals surface area contributed by atoms with Gasteiger partial charge in [-0.25, -0.2) is 5.53 Å². The van der Waals surface area contributed by atoms with Gasteiger partial charge in [0.2, 0.25) is 0 Å². The first kappa shape index (κ1) is 14.3. The van der Waals surface area contributed by atoms with Gasteiger partial charge in [0.1, 0.15) is 6.10 Å². The van der Waals surface area contributed by atoms with Crippen molar-refractivity contribution in [3.63, 3.8) is 0 Å². The Labute approximate surface area is 102 Å². The van der Waals surface area contributed by atoms with E-state index >= 15 is 0 Å². The molecule has 0 spiro atoms. The van der Waals surface area contributed by atoms with Gasteiger partial charge in [0, 0.05) is 6.42 Å². The molecular formula is C12H22N2O3. The molecule has 1 saturated carbocycles. The van der Waals surface area contributed by atoms with Crippen LogP contribution in [0.15, 0.2) is 5.11 Å². The van der Waals surface area contributed by atoms with E-state index in [0.717, 1.165) is 25.7 Å². The van der Waals surface area contributed by atoms with E-state index in [1.54, 1.807) is 0 Å². The van der Waals surface area contributed by atoms with E-state index in [0.29, 0.717) is 12.3 Å². The summed E-state index contributed by atoms with van der Waals surface area (Å²) in [6.45, 7) is 0.876. The highest BCUT2D eigenvalue weighted by atomic mass is 16.3. The lowest BCUT2D eigenvalue weighted by atomic mass is 9.80. The molecule has 0 radical (unpaired) electrons. The largest absolute Gasteiger partial charge is 0.394 e. The smallest absolute Gasteiger partial charge is 0.165 e. The van der Waals surface area contributed by atoms with Crippen LogP contribution in [-0.4, -0.2) is 34.2 Å². The van der Waals surface area contributed by atoms with Crippen molar-refractivity contribution in [2.75, 3.05) is 6.61 Å². The third-order valence-corrected chi connectivity index (χ3v) is 3.82. The van der Waals surface area contributed by atoms with Crippen molar-refractivity contribution < 1.29 is 15.0 Å². The average Bonchev–Trinajstić information content (AvgIpc) is 2.37. The van der Waals surface area contributed by atoms with E-state index in [2.05, 4.69) is 5.11 Å². The molecule has 0 amide bonds. The number of hydrogen-bond donors (Lipinski definition) is 3. The molecule has 2 unspecified atom stereocenters. The lowest BCUT2D eigenvalue weighted by Crippen LogP contribution is -2.47. The van der Waals surface area contributed by atoms with E-state index in [4.69, 9.17) is 10.6 Å². The van der Waals surface area contributed by atoms with E-state index in [1.165, 1.54) is 13.3 Å². The topological polar surface area (TPSA) is 93.7 Å². The highest BCUT2D eigenvalue weighted by Gasteiger charge is 2.40. The van der Waals surface area contributed by atoms with Crippen LogP contribution in [0.2, 0.25) is 0 Å². The van der Waals surface area contributed by atoms with E-state index < -0.39 is 18.2 Å². The molecule has 3 N–H and O–H groups in total. The van der Waals surface area contributed by atoms with Gasteiger partial charge in [0.05, 0.1) is 6.61 Å². The molecule has 0 saturated heterocycles. The SMILES string of the molecule is CC(N=N)(C(=O)CC1CCCCC1)C(O)CO. The van der Waals surface area contributed by atoms with Crippen LogP contribution in [0.3, 0.4) is 0 Å². The summed E-state index contributed by atoms with van der Waals surface area (Å²) in [6.07, 6.45) is 4.67. The molecule has 1 aliphatic carbocycles. The van der Waals surface area contributed by atoms with Gasteiger partial charge in [0.15, 0.2) is 11.3 Å².